The molecule has 0 aliphatic carbocycles. The first kappa shape index (κ1) is 17.2. The van der Waals surface area contributed by atoms with Crippen LogP contribution in [0.2, 0.25) is 0 Å². The van der Waals surface area contributed by atoms with E-state index in [1.807, 2.05) is 24.3 Å². The van der Waals surface area contributed by atoms with Gasteiger partial charge in [0.2, 0.25) is 5.91 Å². The second kappa shape index (κ2) is 7.17. The average Bonchev–Trinajstić information content (AvgIpc) is 3.13. The first-order valence-electron chi connectivity index (χ1n) is 8.95. The van der Waals surface area contributed by atoms with E-state index < -0.39 is 0 Å². The molecule has 1 atom stereocenters. The lowest BCUT2D eigenvalue weighted by Crippen LogP contribution is -2.57. The van der Waals surface area contributed by atoms with Crippen molar-refractivity contribution < 1.29 is 9.59 Å². The molecular weight excluding hydrogens is 348 g/mol. The van der Waals surface area contributed by atoms with Gasteiger partial charge in [-0.2, -0.15) is 0 Å². The number of fused-ring (bicyclic) bond motifs is 3. The third-order valence-corrected chi connectivity index (χ3v) is 6.20. The lowest BCUT2D eigenvalue weighted by molar-refractivity contribution is -0.114. The summed E-state index contributed by atoms with van der Waals surface area (Å²) in [6, 6.07) is 7.74. The van der Waals surface area contributed by atoms with Gasteiger partial charge in [0, 0.05) is 30.8 Å². The van der Waals surface area contributed by atoms with E-state index in [0.717, 1.165) is 35.9 Å². The maximum atomic E-state index is 12.6. The fourth-order valence-electron chi connectivity index (χ4n) is 3.78. The lowest BCUT2D eigenvalue weighted by Gasteiger charge is -2.44. The van der Waals surface area contributed by atoms with Gasteiger partial charge in [0.25, 0.3) is 5.91 Å². The number of nitrogens with zero attached hydrogens (tertiary/aromatic N) is 2. The summed E-state index contributed by atoms with van der Waals surface area (Å²) < 4.78 is 0. The van der Waals surface area contributed by atoms with E-state index in [1.165, 1.54) is 31.1 Å². The minimum atomic E-state index is -0.0984. The van der Waals surface area contributed by atoms with Gasteiger partial charge < -0.3 is 15.5 Å². The number of piperidine rings is 3. The molecule has 0 unspecified atom stereocenters. The highest BCUT2D eigenvalue weighted by Crippen LogP contribution is 2.29. The number of thiazole rings is 1. The van der Waals surface area contributed by atoms with Crippen LogP contribution in [-0.2, 0) is 4.79 Å². The van der Waals surface area contributed by atoms with Crippen molar-refractivity contribution >= 4 is 28.8 Å². The first-order valence-corrected chi connectivity index (χ1v) is 9.77. The molecule has 2 aromatic rings. The standard InChI is InChI=1S/C19H22N4O2S/c1-12(24)21-15-4-2-14(3-5-15)19-20-10-17(26-19)18(25)22-16-11-23-8-6-13(16)7-9-23/h2-5,10,13,16H,6-9,11H2,1H3,(H,21,24)(H,22,25)/t16-/m0/s1. The van der Waals surface area contributed by atoms with Gasteiger partial charge in [-0.3, -0.25) is 9.59 Å². The zero-order valence-corrected chi connectivity index (χ0v) is 15.5. The molecule has 1 aromatic heterocycles. The maximum Gasteiger partial charge on any atom is 0.263 e. The number of carbonyl (C=O) groups is 2. The van der Waals surface area contributed by atoms with E-state index in [0.29, 0.717) is 10.8 Å². The lowest BCUT2D eigenvalue weighted by atomic mass is 9.84. The van der Waals surface area contributed by atoms with Crippen LogP contribution >= 0.6 is 11.3 Å². The summed E-state index contributed by atoms with van der Waals surface area (Å²) in [7, 11) is 0. The molecule has 3 aliphatic heterocycles. The number of anilines is 1. The zero-order chi connectivity index (χ0) is 18.1. The van der Waals surface area contributed by atoms with Gasteiger partial charge in [0.1, 0.15) is 9.88 Å². The Morgan fingerprint density at radius 1 is 1.19 bits per heavy atom. The van der Waals surface area contributed by atoms with Crippen LogP contribution in [0.1, 0.15) is 29.4 Å². The van der Waals surface area contributed by atoms with Gasteiger partial charge in [-0.1, -0.05) is 0 Å². The molecule has 3 aliphatic rings. The number of carbonyl (C=O) groups excluding carboxylic acids is 2. The van der Waals surface area contributed by atoms with Crippen LogP contribution in [0.15, 0.2) is 30.5 Å². The Bertz CT molecular complexity index is 809. The number of rotatable bonds is 4. The Kier molecular flexibility index (Phi) is 4.74. The van der Waals surface area contributed by atoms with Gasteiger partial charge in [-0.15, -0.1) is 11.3 Å². The van der Waals surface area contributed by atoms with E-state index in [-0.39, 0.29) is 17.9 Å². The average molecular weight is 370 g/mol. The molecule has 2 N–H and O–H groups in total. The number of aromatic nitrogens is 1. The van der Waals surface area contributed by atoms with Crippen molar-refractivity contribution in [3.05, 3.63) is 35.3 Å². The van der Waals surface area contributed by atoms with Crippen molar-refractivity contribution in [1.82, 2.24) is 15.2 Å². The van der Waals surface area contributed by atoms with E-state index in [9.17, 15) is 9.59 Å². The second-order valence-electron chi connectivity index (χ2n) is 7.01. The van der Waals surface area contributed by atoms with Crippen molar-refractivity contribution in [3.8, 4) is 10.6 Å². The van der Waals surface area contributed by atoms with Crippen LogP contribution in [0.3, 0.4) is 0 Å². The summed E-state index contributed by atoms with van der Waals surface area (Å²) in [6.07, 6.45) is 4.01. The summed E-state index contributed by atoms with van der Waals surface area (Å²) in [5.41, 5.74) is 1.68. The Morgan fingerprint density at radius 3 is 2.54 bits per heavy atom. The Labute approximate surface area is 156 Å². The molecule has 26 heavy (non-hydrogen) atoms. The maximum absolute atomic E-state index is 12.6. The molecule has 0 saturated carbocycles. The Balaban J connectivity index is 1.42. The number of nitrogens with one attached hydrogen (secondary N) is 2. The fraction of sp³-hybridized carbons (Fsp3) is 0.421. The Morgan fingerprint density at radius 2 is 1.92 bits per heavy atom. The smallest absolute Gasteiger partial charge is 0.263 e. The zero-order valence-electron chi connectivity index (χ0n) is 14.7. The predicted octanol–water partition coefficient (Wildman–Crippen LogP) is 2.59. The van der Waals surface area contributed by atoms with Crippen molar-refractivity contribution in [2.75, 3.05) is 25.0 Å². The van der Waals surface area contributed by atoms with Gasteiger partial charge in [-0.05, 0) is 56.1 Å². The molecule has 136 valence electrons. The van der Waals surface area contributed by atoms with E-state index in [2.05, 4.69) is 20.5 Å². The number of amides is 2. The topological polar surface area (TPSA) is 74.3 Å². The van der Waals surface area contributed by atoms with Gasteiger partial charge in [0.15, 0.2) is 0 Å². The second-order valence-corrected chi connectivity index (χ2v) is 8.04. The van der Waals surface area contributed by atoms with E-state index in [4.69, 9.17) is 0 Å². The largest absolute Gasteiger partial charge is 0.347 e. The van der Waals surface area contributed by atoms with Crippen LogP contribution in [0, 0.1) is 5.92 Å². The normalized spacial score (nSPS) is 24.3. The first-order chi connectivity index (χ1) is 12.6. The molecule has 0 spiro atoms. The minimum Gasteiger partial charge on any atom is -0.347 e. The Hall–Kier alpha value is -2.25. The van der Waals surface area contributed by atoms with Crippen LogP contribution < -0.4 is 10.6 Å². The van der Waals surface area contributed by atoms with Gasteiger partial charge in [-0.25, -0.2) is 4.98 Å². The quantitative estimate of drug-likeness (QED) is 0.868. The molecule has 4 heterocycles. The number of benzene rings is 1. The predicted molar refractivity (Wildman–Crippen MR) is 102 cm³/mol. The van der Waals surface area contributed by atoms with Gasteiger partial charge >= 0.3 is 0 Å². The van der Waals surface area contributed by atoms with E-state index in [1.54, 1.807) is 6.20 Å². The molecule has 6 nitrogen and oxygen atoms in total. The fourth-order valence-corrected chi connectivity index (χ4v) is 4.60. The molecule has 5 rings (SSSR count). The van der Waals surface area contributed by atoms with Crippen molar-refractivity contribution in [1.29, 1.82) is 0 Å². The van der Waals surface area contributed by atoms with Crippen molar-refractivity contribution in [2.45, 2.75) is 25.8 Å². The highest BCUT2D eigenvalue weighted by molar-refractivity contribution is 7.16. The molecule has 1 aromatic carbocycles. The summed E-state index contributed by atoms with van der Waals surface area (Å²) in [5, 5.41) is 6.75. The molecule has 2 amide bonds. The number of hydrogen-bond donors (Lipinski definition) is 2. The third-order valence-electron chi connectivity index (χ3n) is 5.15. The number of hydrogen-bond acceptors (Lipinski definition) is 5. The van der Waals surface area contributed by atoms with Crippen molar-refractivity contribution in [2.24, 2.45) is 5.92 Å². The highest BCUT2D eigenvalue weighted by Gasteiger charge is 2.35. The minimum absolute atomic E-state index is 0.0256. The highest BCUT2D eigenvalue weighted by atomic mass is 32.1. The monoisotopic (exact) mass is 370 g/mol. The molecule has 0 radical (unpaired) electrons. The third kappa shape index (κ3) is 3.64. The van der Waals surface area contributed by atoms with Gasteiger partial charge in [0.05, 0.1) is 6.20 Å². The summed E-state index contributed by atoms with van der Waals surface area (Å²) in [6.45, 7) is 4.77. The summed E-state index contributed by atoms with van der Waals surface area (Å²) in [4.78, 5) is 31.2. The molecule has 7 heteroatoms. The molecule has 2 bridgehead atoms. The van der Waals surface area contributed by atoms with Crippen LogP contribution in [0.25, 0.3) is 10.6 Å². The van der Waals surface area contributed by atoms with Crippen molar-refractivity contribution in [3.63, 3.8) is 0 Å². The van der Waals surface area contributed by atoms with E-state index >= 15 is 0 Å². The van der Waals surface area contributed by atoms with Crippen LogP contribution in [0.4, 0.5) is 5.69 Å². The molecule has 3 fully saturated rings. The molecular formula is C19H22N4O2S. The van der Waals surface area contributed by atoms with Crippen LogP contribution in [-0.4, -0.2) is 47.4 Å². The summed E-state index contributed by atoms with van der Waals surface area (Å²) in [5.74, 6) is 0.485. The molecule has 3 saturated heterocycles. The SMILES string of the molecule is CC(=O)Nc1ccc(-c2ncc(C(=O)N[C@H]3CN4CCC3CC4)s2)cc1. The van der Waals surface area contributed by atoms with Crippen LogP contribution in [0.5, 0.6) is 0 Å². The summed E-state index contributed by atoms with van der Waals surface area (Å²) >= 11 is 1.40.